The lowest BCUT2D eigenvalue weighted by Crippen LogP contribution is -2.15. The van der Waals surface area contributed by atoms with Crippen LogP contribution in [0.1, 0.15) is 5.56 Å². The summed E-state index contributed by atoms with van der Waals surface area (Å²) in [4.78, 5) is 22.3. The van der Waals surface area contributed by atoms with Gasteiger partial charge in [-0.3, -0.25) is 14.9 Å². The zero-order valence-electron chi connectivity index (χ0n) is 12.3. The van der Waals surface area contributed by atoms with Crippen LogP contribution in [0.2, 0.25) is 5.02 Å². The summed E-state index contributed by atoms with van der Waals surface area (Å²) in [6, 6.07) is 8.89. The normalized spacial score (nSPS) is 11.2. The second-order valence-corrected chi connectivity index (χ2v) is 6.21. The molecule has 0 aromatic heterocycles. The molecule has 2 aromatic rings. The highest BCUT2D eigenvalue weighted by Crippen LogP contribution is 2.37. The molecule has 0 atom stereocenters. The Morgan fingerprint density at radius 1 is 1.24 bits per heavy atom. The molecule has 0 spiro atoms. The van der Waals surface area contributed by atoms with Gasteiger partial charge in [-0.05, 0) is 24.3 Å². The number of nitro benzene ring substituents is 1. The van der Waals surface area contributed by atoms with Crippen molar-refractivity contribution in [2.24, 2.45) is 0 Å². The zero-order valence-corrected chi connectivity index (χ0v) is 13.9. The highest BCUT2D eigenvalue weighted by atomic mass is 35.5. The van der Waals surface area contributed by atoms with E-state index in [1.54, 1.807) is 0 Å². The predicted molar refractivity (Wildman–Crippen MR) is 88.9 cm³/mol. The summed E-state index contributed by atoms with van der Waals surface area (Å²) in [5, 5.41) is 12.8. The third kappa shape index (κ3) is 5.10. The fourth-order valence-corrected chi connectivity index (χ4v) is 2.85. The summed E-state index contributed by atoms with van der Waals surface area (Å²) in [5.41, 5.74) is -1.24. The number of anilines is 1. The van der Waals surface area contributed by atoms with E-state index in [0.29, 0.717) is 0 Å². The Bertz CT molecular complexity index is 815. The summed E-state index contributed by atoms with van der Waals surface area (Å²) in [6.07, 6.45) is -4.60. The van der Waals surface area contributed by atoms with Crippen molar-refractivity contribution in [1.82, 2.24) is 0 Å². The van der Waals surface area contributed by atoms with Gasteiger partial charge in [-0.15, -0.1) is 11.8 Å². The van der Waals surface area contributed by atoms with E-state index in [9.17, 15) is 28.1 Å². The van der Waals surface area contributed by atoms with E-state index in [-0.39, 0.29) is 22.0 Å². The lowest BCUT2D eigenvalue weighted by Gasteiger charge is -2.11. The lowest BCUT2D eigenvalue weighted by atomic mass is 10.2. The van der Waals surface area contributed by atoms with Crippen LogP contribution in [0.5, 0.6) is 0 Å². The SMILES string of the molecule is O=C(CSc1ccc(Cl)c(C(F)(F)F)c1)Nc1ccccc1[N+](=O)[O-]. The maximum absolute atomic E-state index is 12.8. The van der Waals surface area contributed by atoms with Crippen molar-refractivity contribution in [2.75, 3.05) is 11.1 Å². The molecular formula is C15H10ClF3N2O3S. The van der Waals surface area contributed by atoms with Gasteiger partial charge in [-0.2, -0.15) is 13.2 Å². The van der Waals surface area contributed by atoms with Gasteiger partial charge in [-0.1, -0.05) is 23.7 Å². The highest BCUT2D eigenvalue weighted by Gasteiger charge is 2.33. The van der Waals surface area contributed by atoms with Crippen LogP contribution in [-0.4, -0.2) is 16.6 Å². The molecule has 0 aliphatic carbocycles. The molecule has 5 nitrogen and oxygen atoms in total. The first-order valence-electron chi connectivity index (χ1n) is 6.71. The minimum atomic E-state index is -4.60. The van der Waals surface area contributed by atoms with Gasteiger partial charge in [-0.25, -0.2) is 0 Å². The molecule has 0 fully saturated rings. The maximum Gasteiger partial charge on any atom is 0.417 e. The highest BCUT2D eigenvalue weighted by molar-refractivity contribution is 8.00. The van der Waals surface area contributed by atoms with Gasteiger partial charge >= 0.3 is 6.18 Å². The molecular weight excluding hydrogens is 381 g/mol. The number of benzene rings is 2. The molecule has 0 saturated carbocycles. The van der Waals surface area contributed by atoms with Gasteiger partial charge < -0.3 is 5.32 Å². The summed E-state index contributed by atoms with van der Waals surface area (Å²) in [7, 11) is 0. The third-order valence-corrected chi connectivity index (χ3v) is 4.31. The number of carbonyl (C=O) groups is 1. The Labute approximate surface area is 149 Å². The van der Waals surface area contributed by atoms with Crippen molar-refractivity contribution < 1.29 is 22.9 Å². The van der Waals surface area contributed by atoms with E-state index in [4.69, 9.17) is 11.6 Å². The summed E-state index contributed by atoms with van der Waals surface area (Å²) in [5.74, 6) is -0.798. The quantitative estimate of drug-likeness (QED) is 0.443. The van der Waals surface area contributed by atoms with Crippen LogP contribution in [0.15, 0.2) is 47.4 Å². The van der Waals surface area contributed by atoms with Crippen LogP contribution in [-0.2, 0) is 11.0 Å². The van der Waals surface area contributed by atoms with E-state index >= 15 is 0 Å². The van der Waals surface area contributed by atoms with Crippen LogP contribution < -0.4 is 5.32 Å². The third-order valence-electron chi connectivity index (χ3n) is 2.99. The van der Waals surface area contributed by atoms with Gasteiger partial charge in [0.05, 0.1) is 21.3 Å². The molecule has 1 N–H and O–H groups in total. The number of amides is 1. The molecule has 1 amide bonds. The van der Waals surface area contributed by atoms with Gasteiger partial charge in [0.1, 0.15) is 5.69 Å². The second kappa shape index (κ2) is 7.75. The molecule has 0 aliphatic heterocycles. The summed E-state index contributed by atoms with van der Waals surface area (Å²) < 4.78 is 38.4. The molecule has 2 aromatic carbocycles. The Balaban J connectivity index is 2.05. The first kappa shape index (κ1) is 19.1. The van der Waals surface area contributed by atoms with Crippen LogP contribution >= 0.6 is 23.4 Å². The molecule has 0 aliphatic rings. The Morgan fingerprint density at radius 2 is 1.92 bits per heavy atom. The molecule has 25 heavy (non-hydrogen) atoms. The number of para-hydroxylation sites is 2. The Kier molecular flexibility index (Phi) is 5.91. The van der Waals surface area contributed by atoms with E-state index in [1.807, 2.05) is 0 Å². The number of rotatable bonds is 5. The van der Waals surface area contributed by atoms with Gasteiger partial charge in [0.2, 0.25) is 5.91 Å². The zero-order chi connectivity index (χ0) is 18.6. The van der Waals surface area contributed by atoms with E-state index in [0.717, 1.165) is 23.9 Å². The first-order valence-corrected chi connectivity index (χ1v) is 8.07. The van der Waals surface area contributed by atoms with Crippen LogP contribution in [0.3, 0.4) is 0 Å². The average Bonchev–Trinajstić information content (AvgIpc) is 2.53. The second-order valence-electron chi connectivity index (χ2n) is 4.75. The molecule has 0 saturated heterocycles. The number of nitrogens with zero attached hydrogens (tertiary/aromatic N) is 1. The molecule has 0 heterocycles. The number of nitrogens with one attached hydrogen (secondary N) is 1. The number of carbonyl (C=O) groups excluding carboxylic acids is 1. The van der Waals surface area contributed by atoms with Crippen molar-refractivity contribution in [2.45, 2.75) is 11.1 Å². The topological polar surface area (TPSA) is 72.2 Å². The van der Waals surface area contributed by atoms with Crippen molar-refractivity contribution in [1.29, 1.82) is 0 Å². The molecule has 0 bridgehead atoms. The maximum atomic E-state index is 12.8. The van der Waals surface area contributed by atoms with Crippen LogP contribution in [0, 0.1) is 10.1 Å². The number of hydrogen-bond donors (Lipinski definition) is 1. The van der Waals surface area contributed by atoms with Crippen molar-refractivity contribution in [3.8, 4) is 0 Å². The monoisotopic (exact) mass is 390 g/mol. The number of halogens is 4. The smallest absolute Gasteiger partial charge is 0.320 e. The van der Waals surface area contributed by atoms with Crippen LogP contribution in [0.25, 0.3) is 0 Å². The minimum Gasteiger partial charge on any atom is -0.320 e. The first-order chi connectivity index (χ1) is 11.7. The standard InChI is InChI=1S/C15H10ClF3N2O3S/c16-11-6-5-9(7-10(11)15(17,18)19)25-8-14(22)20-12-3-1-2-4-13(12)21(23)24/h1-7H,8H2,(H,20,22). The van der Waals surface area contributed by atoms with Crippen molar-refractivity contribution in [3.63, 3.8) is 0 Å². The van der Waals surface area contributed by atoms with E-state index in [1.165, 1.54) is 30.3 Å². The minimum absolute atomic E-state index is 0.0187. The van der Waals surface area contributed by atoms with Crippen LogP contribution in [0.4, 0.5) is 24.5 Å². The number of alkyl halides is 3. The van der Waals surface area contributed by atoms with Crippen molar-refractivity contribution >= 4 is 40.6 Å². The molecule has 10 heteroatoms. The van der Waals surface area contributed by atoms with Gasteiger partial charge in [0.15, 0.2) is 0 Å². The molecule has 0 unspecified atom stereocenters. The van der Waals surface area contributed by atoms with Gasteiger partial charge in [0.25, 0.3) is 5.69 Å². The summed E-state index contributed by atoms with van der Waals surface area (Å²) >= 11 is 6.39. The summed E-state index contributed by atoms with van der Waals surface area (Å²) in [6.45, 7) is 0. The number of nitro groups is 1. The molecule has 132 valence electrons. The lowest BCUT2D eigenvalue weighted by molar-refractivity contribution is -0.383. The fraction of sp³-hybridized carbons (Fsp3) is 0.133. The molecule has 2 rings (SSSR count). The molecule has 0 radical (unpaired) electrons. The van der Waals surface area contributed by atoms with Gasteiger partial charge in [0, 0.05) is 11.0 Å². The Hall–Kier alpha value is -2.26. The van der Waals surface area contributed by atoms with Crippen molar-refractivity contribution in [3.05, 3.63) is 63.2 Å². The number of thioether (sulfide) groups is 1. The number of hydrogen-bond acceptors (Lipinski definition) is 4. The van der Waals surface area contributed by atoms with E-state index in [2.05, 4.69) is 5.32 Å². The largest absolute Gasteiger partial charge is 0.417 e. The Morgan fingerprint density at radius 3 is 2.56 bits per heavy atom. The van der Waals surface area contributed by atoms with E-state index < -0.39 is 27.6 Å². The average molecular weight is 391 g/mol. The predicted octanol–water partition coefficient (Wildman–Crippen LogP) is 5.00. The fourth-order valence-electron chi connectivity index (χ4n) is 1.89.